The summed E-state index contributed by atoms with van der Waals surface area (Å²) >= 11 is 0. The molecule has 0 radical (unpaired) electrons. The molecule has 0 unspecified atom stereocenters. The van der Waals surface area contributed by atoms with E-state index < -0.39 is 5.60 Å². The molecule has 3 heterocycles. The largest absolute Gasteiger partial charge is 0.439 e. The Morgan fingerprint density at radius 2 is 2.33 bits per heavy atom. The maximum absolute atomic E-state index is 12.2. The summed E-state index contributed by atoms with van der Waals surface area (Å²) in [5.74, 6) is 0.0885. The van der Waals surface area contributed by atoms with Gasteiger partial charge in [0.25, 0.3) is 0 Å². The van der Waals surface area contributed by atoms with Gasteiger partial charge in [-0.3, -0.25) is 4.79 Å². The summed E-state index contributed by atoms with van der Waals surface area (Å²) < 4.78 is 7.03. The normalized spacial score (nSPS) is 24.9. The van der Waals surface area contributed by atoms with Crippen LogP contribution in [0.3, 0.4) is 0 Å². The molecule has 3 rings (SSSR count). The van der Waals surface area contributed by atoms with Crippen molar-refractivity contribution >= 4 is 12.0 Å². The fourth-order valence-corrected chi connectivity index (χ4v) is 2.90. The van der Waals surface area contributed by atoms with E-state index in [1.165, 1.54) is 6.33 Å². The quantitative estimate of drug-likeness (QED) is 0.743. The molecule has 2 aliphatic heterocycles. The highest BCUT2D eigenvalue weighted by atomic mass is 16.6. The molecule has 1 aromatic heterocycles. The standard InChI is InChI=1S/C12H18N6O3/c1-16-7-12(21-11(16)20)4-6-17(8-12)10(19)3-2-5-18-9-13-14-15-18/h9H,2-8H2,1H3/t12-/m0/s1. The second kappa shape index (κ2) is 5.30. The Labute approximate surface area is 121 Å². The predicted octanol–water partition coefficient (Wildman–Crippen LogP) is -0.494. The van der Waals surface area contributed by atoms with E-state index in [0.29, 0.717) is 45.4 Å². The summed E-state index contributed by atoms with van der Waals surface area (Å²) in [6, 6.07) is 0. The van der Waals surface area contributed by atoms with Crippen LogP contribution >= 0.6 is 0 Å². The van der Waals surface area contributed by atoms with Gasteiger partial charge in [-0.15, -0.1) is 5.10 Å². The van der Waals surface area contributed by atoms with Crippen molar-refractivity contribution in [3.05, 3.63) is 6.33 Å². The summed E-state index contributed by atoms with van der Waals surface area (Å²) in [6.45, 7) is 2.31. The lowest BCUT2D eigenvalue weighted by Crippen LogP contribution is -2.39. The lowest BCUT2D eigenvalue weighted by Gasteiger charge is -2.21. The molecule has 114 valence electrons. The number of nitrogens with zero attached hydrogens (tertiary/aromatic N) is 6. The maximum Gasteiger partial charge on any atom is 0.410 e. The second-order valence-corrected chi connectivity index (χ2v) is 5.65. The van der Waals surface area contributed by atoms with Crippen LogP contribution in [0.25, 0.3) is 0 Å². The highest BCUT2D eigenvalue weighted by molar-refractivity contribution is 5.77. The van der Waals surface area contributed by atoms with Crippen LogP contribution in [0.15, 0.2) is 6.33 Å². The van der Waals surface area contributed by atoms with E-state index in [2.05, 4.69) is 15.5 Å². The number of likely N-dealkylation sites (tertiary alicyclic amines) is 1. The molecule has 0 aliphatic carbocycles. The third-order valence-electron chi connectivity index (χ3n) is 3.98. The van der Waals surface area contributed by atoms with E-state index >= 15 is 0 Å². The fourth-order valence-electron chi connectivity index (χ4n) is 2.90. The van der Waals surface area contributed by atoms with Crippen molar-refractivity contribution in [2.75, 3.05) is 26.7 Å². The van der Waals surface area contributed by atoms with Gasteiger partial charge in [-0.05, 0) is 16.8 Å². The minimum atomic E-state index is -0.503. The topological polar surface area (TPSA) is 93.5 Å². The van der Waals surface area contributed by atoms with Gasteiger partial charge in [-0.2, -0.15) is 0 Å². The molecule has 0 aromatic carbocycles. The van der Waals surface area contributed by atoms with Crippen LogP contribution < -0.4 is 0 Å². The molecule has 9 nitrogen and oxygen atoms in total. The van der Waals surface area contributed by atoms with Crippen LogP contribution in [-0.2, 0) is 16.1 Å². The van der Waals surface area contributed by atoms with Gasteiger partial charge in [-0.1, -0.05) is 0 Å². The zero-order valence-corrected chi connectivity index (χ0v) is 11.9. The molecule has 1 aromatic rings. The van der Waals surface area contributed by atoms with E-state index in [1.54, 1.807) is 21.5 Å². The molecular weight excluding hydrogens is 276 g/mol. The third-order valence-corrected chi connectivity index (χ3v) is 3.98. The number of likely N-dealkylation sites (N-methyl/N-ethyl adjacent to an activating group) is 1. The van der Waals surface area contributed by atoms with Gasteiger partial charge in [-0.25, -0.2) is 9.48 Å². The monoisotopic (exact) mass is 294 g/mol. The van der Waals surface area contributed by atoms with Gasteiger partial charge in [0.1, 0.15) is 6.33 Å². The van der Waals surface area contributed by atoms with E-state index in [1.807, 2.05) is 0 Å². The minimum absolute atomic E-state index is 0.0885. The number of carbonyl (C=O) groups is 2. The van der Waals surface area contributed by atoms with E-state index in [9.17, 15) is 9.59 Å². The lowest BCUT2D eigenvalue weighted by atomic mass is 10.0. The fraction of sp³-hybridized carbons (Fsp3) is 0.750. The Kier molecular flexibility index (Phi) is 3.48. The summed E-state index contributed by atoms with van der Waals surface area (Å²) in [5, 5.41) is 10.8. The van der Waals surface area contributed by atoms with Crippen molar-refractivity contribution in [1.82, 2.24) is 30.0 Å². The zero-order valence-electron chi connectivity index (χ0n) is 11.9. The van der Waals surface area contributed by atoms with Gasteiger partial charge in [0, 0.05) is 33.0 Å². The summed E-state index contributed by atoms with van der Waals surface area (Å²) in [6.07, 6.45) is 3.07. The van der Waals surface area contributed by atoms with Crippen molar-refractivity contribution in [2.24, 2.45) is 0 Å². The SMILES string of the molecule is CN1C[C@]2(CCN(C(=O)CCCn3cnnn3)C2)OC1=O. The number of ether oxygens (including phenoxy) is 1. The predicted molar refractivity (Wildman–Crippen MR) is 70.1 cm³/mol. The van der Waals surface area contributed by atoms with Crippen molar-refractivity contribution in [3.8, 4) is 0 Å². The van der Waals surface area contributed by atoms with Gasteiger partial charge in [0.2, 0.25) is 5.91 Å². The first-order chi connectivity index (χ1) is 10.1. The van der Waals surface area contributed by atoms with Crippen LogP contribution in [0.1, 0.15) is 19.3 Å². The van der Waals surface area contributed by atoms with Crippen LogP contribution in [-0.4, -0.2) is 74.3 Å². The molecule has 0 saturated carbocycles. The van der Waals surface area contributed by atoms with Gasteiger partial charge >= 0.3 is 6.09 Å². The molecule has 1 atom stereocenters. The average Bonchev–Trinajstić information content (AvgIpc) is 3.13. The first kappa shape index (κ1) is 13.8. The molecule has 2 saturated heterocycles. The second-order valence-electron chi connectivity index (χ2n) is 5.65. The Balaban J connectivity index is 1.47. The number of tetrazole rings is 1. The summed E-state index contributed by atoms with van der Waals surface area (Å²) in [4.78, 5) is 27.0. The molecule has 1 spiro atoms. The van der Waals surface area contributed by atoms with Crippen LogP contribution in [0.5, 0.6) is 0 Å². The van der Waals surface area contributed by atoms with E-state index in [0.717, 1.165) is 0 Å². The Bertz CT molecular complexity index is 533. The van der Waals surface area contributed by atoms with Crippen LogP contribution in [0.4, 0.5) is 4.79 Å². The van der Waals surface area contributed by atoms with Crippen LogP contribution in [0, 0.1) is 0 Å². The smallest absolute Gasteiger partial charge is 0.410 e. The molecule has 9 heteroatoms. The summed E-state index contributed by atoms with van der Waals surface area (Å²) in [7, 11) is 1.72. The third kappa shape index (κ3) is 2.81. The molecule has 2 fully saturated rings. The van der Waals surface area contributed by atoms with Gasteiger partial charge < -0.3 is 14.5 Å². The first-order valence-corrected chi connectivity index (χ1v) is 7.01. The van der Waals surface area contributed by atoms with Gasteiger partial charge in [0.15, 0.2) is 5.60 Å². The number of rotatable bonds is 4. The first-order valence-electron chi connectivity index (χ1n) is 7.01. The number of carbonyl (C=O) groups excluding carboxylic acids is 2. The van der Waals surface area contributed by atoms with Crippen molar-refractivity contribution in [3.63, 3.8) is 0 Å². The molecular formula is C12H18N6O3. The maximum atomic E-state index is 12.2. The Morgan fingerprint density at radius 3 is 3.00 bits per heavy atom. The number of hydrogen-bond donors (Lipinski definition) is 0. The average molecular weight is 294 g/mol. The Morgan fingerprint density at radius 1 is 1.48 bits per heavy atom. The van der Waals surface area contributed by atoms with Gasteiger partial charge in [0.05, 0.1) is 13.1 Å². The lowest BCUT2D eigenvalue weighted by molar-refractivity contribution is -0.131. The zero-order chi connectivity index (χ0) is 14.9. The molecule has 0 bridgehead atoms. The molecule has 0 N–H and O–H groups in total. The number of aromatic nitrogens is 4. The molecule has 2 aliphatic rings. The number of aryl methyl sites for hydroxylation is 1. The van der Waals surface area contributed by atoms with E-state index in [4.69, 9.17) is 4.74 Å². The van der Waals surface area contributed by atoms with E-state index in [-0.39, 0.29) is 12.0 Å². The highest BCUT2D eigenvalue weighted by Crippen LogP contribution is 2.31. The highest BCUT2D eigenvalue weighted by Gasteiger charge is 2.49. The van der Waals surface area contributed by atoms with Crippen molar-refractivity contribution < 1.29 is 14.3 Å². The summed E-state index contributed by atoms with van der Waals surface area (Å²) in [5.41, 5.74) is -0.503. The number of hydrogen-bond acceptors (Lipinski definition) is 6. The molecule has 2 amide bonds. The number of amides is 2. The van der Waals surface area contributed by atoms with Crippen LogP contribution in [0.2, 0.25) is 0 Å². The Hall–Kier alpha value is -2.19. The van der Waals surface area contributed by atoms with Crippen molar-refractivity contribution in [1.29, 1.82) is 0 Å². The van der Waals surface area contributed by atoms with Crippen molar-refractivity contribution in [2.45, 2.75) is 31.4 Å². The molecule has 21 heavy (non-hydrogen) atoms. The minimum Gasteiger partial charge on any atom is -0.439 e.